The van der Waals surface area contributed by atoms with Crippen molar-refractivity contribution < 1.29 is 0 Å². The van der Waals surface area contributed by atoms with Gasteiger partial charge in [-0.1, -0.05) is 26.0 Å². The molecule has 0 nitrogen and oxygen atoms in total. The van der Waals surface area contributed by atoms with Crippen LogP contribution in [0.4, 0.5) is 0 Å². The molecule has 2 bridgehead atoms. The Labute approximate surface area is 69.7 Å². The largest absolute Gasteiger partial charge is 0.0996 e. The second kappa shape index (κ2) is 2.12. The van der Waals surface area contributed by atoms with E-state index in [9.17, 15) is 0 Å². The van der Waals surface area contributed by atoms with Crippen molar-refractivity contribution in [2.45, 2.75) is 39.5 Å². The molecule has 0 heteroatoms. The summed E-state index contributed by atoms with van der Waals surface area (Å²) in [5.41, 5.74) is 2.11. The van der Waals surface area contributed by atoms with Crippen molar-refractivity contribution >= 4 is 0 Å². The van der Waals surface area contributed by atoms with Crippen LogP contribution in [0.3, 0.4) is 0 Å². The zero-order chi connectivity index (χ0) is 8.06. The molecule has 11 heavy (non-hydrogen) atoms. The van der Waals surface area contributed by atoms with E-state index in [4.69, 9.17) is 0 Å². The Balaban J connectivity index is 2.31. The number of allylic oxidation sites excluding steroid dienone is 1. The fourth-order valence-corrected chi connectivity index (χ4v) is 3.18. The third-order valence-corrected chi connectivity index (χ3v) is 4.06. The fourth-order valence-electron chi connectivity index (χ4n) is 3.18. The van der Waals surface area contributed by atoms with Gasteiger partial charge in [-0.3, -0.25) is 0 Å². The van der Waals surface area contributed by atoms with Crippen LogP contribution in [0.5, 0.6) is 0 Å². The molecule has 0 aromatic rings. The van der Waals surface area contributed by atoms with Crippen molar-refractivity contribution in [2.24, 2.45) is 17.3 Å². The normalized spacial score (nSPS) is 41.1. The van der Waals surface area contributed by atoms with Crippen LogP contribution in [0.2, 0.25) is 0 Å². The lowest BCUT2D eigenvalue weighted by Gasteiger charge is -2.39. The second-order valence-electron chi connectivity index (χ2n) is 4.85. The summed E-state index contributed by atoms with van der Waals surface area (Å²) in [5, 5.41) is 0. The van der Waals surface area contributed by atoms with Crippen LogP contribution in [-0.2, 0) is 0 Å². The Morgan fingerprint density at radius 2 is 2.00 bits per heavy atom. The first-order chi connectivity index (χ1) is 5.12. The molecule has 2 fully saturated rings. The molecule has 2 saturated carbocycles. The molecule has 0 saturated heterocycles. The average Bonchev–Trinajstić information content (AvgIpc) is 2.15. The lowest BCUT2D eigenvalue weighted by atomic mass is 9.66. The van der Waals surface area contributed by atoms with Crippen molar-refractivity contribution in [2.75, 3.05) is 0 Å². The van der Waals surface area contributed by atoms with Crippen LogP contribution in [0.15, 0.2) is 12.2 Å². The Kier molecular flexibility index (Phi) is 1.42. The highest BCUT2D eigenvalue weighted by molar-refractivity contribution is 5.14. The minimum Gasteiger partial charge on any atom is -0.0996 e. The topological polar surface area (TPSA) is 0 Å². The van der Waals surface area contributed by atoms with Crippen LogP contribution in [0.1, 0.15) is 39.5 Å². The third kappa shape index (κ3) is 0.881. The number of hydrogen-bond donors (Lipinski definition) is 0. The number of rotatable bonds is 0. The van der Waals surface area contributed by atoms with E-state index < -0.39 is 0 Å². The molecular weight excluding hydrogens is 132 g/mol. The monoisotopic (exact) mass is 150 g/mol. The standard InChI is InChI=1S/C11H18/c1-8-4-5-9-6-7-10(8)11(9,2)3/h9-10H,1,4-7H2,2-3H3. The van der Waals surface area contributed by atoms with Gasteiger partial charge in [-0.25, -0.2) is 0 Å². The minimum atomic E-state index is 0.579. The maximum absolute atomic E-state index is 4.19. The highest BCUT2D eigenvalue weighted by atomic mass is 14.5. The fraction of sp³-hybridized carbons (Fsp3) is 0.818. The second-order valence-corrected chi connectivity index (χ2v) is 4.85. The highest BCUT2D eigenvalue weighted by Gasteiger charge is 2.46. The molecule has 2 aliphatic carbocycles. The summed E-state index contributed by atoms with van der Waals surface area (Å²) in [7, 11) is 0. The lowest BCUT2D eigenvalue weighted by Crippen LogP contribution is -2.30. The van der Waals surface area contributed by atoms with Gasteiger partial charge in [0.25, 0.3) is 0 Å². The van der Waals surface area contributed by atoms with Gasteiger partial charge >= 0.3 is 0 Å². The molecule has 2 unspecified atom stereocenters. The van der Waals surface area contributed by atoms with E-state index in [1.807, 2.05) is 0 Å². The van der Waals surface area contributed by atoms with Gasteiger partial charge in [0.05, 0.1) is 0 Å². The summed E-state index contributed by atoms with van der Waals surface area (Å²) < 4.78 is 0. The predicted molar refractivity (Wildman–Crippen MR) is 48.4 cm³/mol. The van der Waals surface area contributed by atoms with E-state index in [1.54, 1.807) is 0 Å². The van der Waals surface area contributed by atoms with Crippen molar-refractivity contribution in [3.63, 3.8) is 0 Å². The van der Waals surface area contributed by atoms with Crippen molar-refractivity contribution in [3.8, 4) is 0 Å². The van der Waals surface area contributed by atoms with Crippen molar-refractivity contribution in [3.05, 3.63) is 12.2 Å². The average molecular weight is 150 g/mol. The first-order valence-corrected chi connectivity index (χ1v) is 4.80. The summed E-state index contributed by atoms with van der Waals surface area (Å²) in [4.78, 5) is 0. The SMILES string of the molecule is C=C1CCC2CCC1C2(C)C. The first-order valence-electron chi connectivity index (χ1n) is 4.80. The van der Waals surface area contributed by atoms with E-state index in [2.05, 4.69) is 20.4 Å². The highest BCUT2D eigenvalue weighted by Crippen LogP contribution is 2.56. The van der Waals surface area contributed by atoms with Crippen LogP contribution < -0.4 is 0 Å². The maximum atomic E-state index is 4.19. The van der Waals surface area contributed by atoms with Crippen LogP contribution >= 0.6 is 0 Å². The quantitative estimate of drug-likeness (QED) is 0.464. The molecule has 0 N–H and O–H groups in total. The van der Waals surface area contributed by atoms with E-state index in [1.165, 1.54) is 31.3 Å². The van der Waals surface area contributed by atoms with Gasteiger partial charge in [0.2, 0.25) is 0 Å². The van der Waals surface area contributed by atoms with Crippen molar-refractivity contribution in [1.82, 2.24) is 0 Å². The van der Waals surface area contributed by atoms with E-state index >= 15 is 0 Å². The minimum absolute atomic E-state index is 0.579. The lowest BCUT2D eigenvalue weighted by molar-refractivity contribution is 0.168. The van der Waals surface area contributed by atoms with Gasteiger partial charge in [-0.15, -0.1) is 0 Å². The predicted octanol–water partition coefficient (Wildman–Crippen LogP) is 3.39. The molecule has 2 aliphatic rings. The first kappa shape index (κ1) is 7.39. The molecule has 0 aliphatic heterocycles. The number of hydrogen-bond acceptors (Lipinski definition) is 0. The third-order valence-electron chi connectivity index (χ3n) is 4.06. The Morgan fingerprint density at radius 3 is 2.64 bits per heavy atom. The Hall–Kier alpha value is -0.260. The van der Waals surface area contributed by atoms with E-state index in [0.29, 0.717) is 5.41 Å². The number of fused-ring (bicyclic) bond motifs is 2. The van der Waals surface area contributed by atoms with Gasteiger partial charge in [0.15, 0.2) is 0 Å². The van der Waals surface area contributed by atoms with Crippen LogP contribution in [0, 0.1) is 17.3 Å². The van der Waals surface area contributed by atoms with Gasteiger partial charge in [0, 0.05) is 0 Å². The zero-order valence-electron chi connectivity index (χ0n) is 7.69. The van der Waals surface area contributed by atoms with Gasteiger partial charge in [-0.2, -0.15) is 0 Å². The van der Waals surface area contributed by atoms with Crippen LogP contribution in [-0.4, -0.2) is 0 Å². The molecule has 0 spiro atoms. The summed E-state index contributed by atoms with van der Waals surface area (Å²) >= 11 is 0. The molecule has 0 heterocycles. The summed E-state index contributed by atoms with van der Waals surface area (Å²) in [6.07, 6.45) is 5.58. The van der Waals surface area contributed by atoms with Gasteiger partial charge in [-0.05, 0) is 42.9 Å². The molecule has 0 radical (unpaired) electrons. The molecule has 2 rings (SSSR count). The zero-order valence-corrected chi connectivity index (χ0v) is 7.69. The van der Waals surface area contributed by atoms with Crippen LogP contribution in [0.25, 0.3) is 0 Å². The molecule has 0 aromatic heterocycles. The smallest absolute Gasteiger partial charge is 0.0152 e. The molecule has 0 aromatic carbocycles. The molecular formula is C11H18. The van der Waals surface area contributed by atoms with Gasteiger partial charge in [0.1, 0.15) is 0 Å². The summed E-state index contributed by atoms with van der Waals surface area (Å²) in [6, 6.07) is 0. The van der Waals surface area contributed by atoms with E-state index in [0.717, 1.165) is 11.8 Å². The summed E-state index contributed by atoms with van der Waals surface area (Å²) in [6.45, 7) is 9.05. The molecule has 2 atom stereocenters. The molecule has 0 amide bonds. The van der Waals surface area contributed by atoms with Gasteiger partial charge < -0.3 is 0 Å². The summed E-state index contributed by atoms with van der Waals surface area (Å²) in [5.74, 6) is 1.85. The van der Waals surface area contributed by atoms with E-state index in [-0.39, 0.29) is 0 Å². The maximum Gasteiger partial charge on any atom is -0.0152 e. The van der Waals surface area contributed by atoms with Crippen molar-refractivity contribution in [1.29, 1.82) is 0 Å². The molecule has 62 valence electrons. The Morgan fingerprint density at radius 1 is 1.27 bits per heavy atom. The Bertz CT molecular complexity index is 188.